The van der Waals surface area contributed by atoms with Crippen LogP contribution >= 0.6 is 0 Å². The zero-order valence-electron chi connectivity index (χ0n) is 7.44. The molecule has 0 N–H and O–H groups in total. The van der Waals surface area contributed by atoms with Gasteiger partial charge in [0.25, 0.3) is 0 Å². The van der Waals surface area contributed by atoms with E-state index in [0.29, 0.717) is 0 Å². The van der Waals surface area contributed by atoms with Gasteiger partial charge in [0.05, 0.1) is 12.0 Å². The minimum absolute atomic E-state index is 0.274. The molecular formula is C8H12N2O2. The van der Waals surface area contributed by atoms with E-state index in [9.17, 15) is 4.79 Å². The molecule has 0 bridgehead atoms. The average molecular weight is 168 g/mol. The standard InChI is InChI=1S/C8H12N2O2/c1-6-4-10(5-9-6)7(2)12-8(3)11/h4-5,7H,1-3H3. The Morgan fingerprint density at radius 3 is 2.83 bits per heavy atom. The van der Waals surface area contributed by atoms with Crippen molar-refractivity contribution in [1.82, 2.24) is 9.55 Å². The highest BCUT2D eigenvalue weighted by Gasteiger charge is 2.06. The molecule has 1 aromatic heterocycles. The van der Waals surface area contributed by atoms with E-state index >= 15 is 0 Å². The predicted octanol–water partition coefficient (Wildman–Crippen LogP) is 1.27. The SMILES string of the molecule is CC(=O)OC(C)n1cnc(C)c1. The maximum absolute atomic E-state index is 10.6. The lowest BCUT2D eigenvalue weighted by molar-refractivity contribution is -0.149. The Hall–Kier alpha value is -1.32. The first-order valence-electron chi connectivity index (χ1n) is 3.77. The van der Waals surface area contributed by atoms with Crippen molar-refractivity contribution in [2.75, 3.05) is 0 Å². The van der Waals surface area contributed by atoms with E-state index < -0.39 is 0 Å². The Kier molecular flexibility index (Phi) is 2.47. The number of ether oxygens (including phenoxy) is 1. The van der Waals surface area contributed by atoms with Gasteiger partial charge in [-0.05, 0) is 13.8 Å². The van der Waals surface area contributed by atoms with Gasteiger partial charge in [0.1, 0.15) is 0 Å². The minimum Gasteiger partial charge on any atom is -0.442 e. The molecule has 4 nitrogen and oxygen atoms in total. The molecule has 1 atom stereocenters. The number of imidazole rings is 1. The topological polar surface area (TPSA) is 44.1 Å². The highest BCUT2D eigenvalue weighted by Crippen LogP contribution is 2.07. The van der Waals surface area contributed by atoms with Gasteiger partial charge < -0.3 is 9.30 Å². The fourth-order valence-electron chi connectivity index (χ4n) is 0.940. The average Bonchev–Trinajstić information content (AvgIpc) is 2.34. The van der Waals surface area contributed by atoms with Crippen LogP contribution < -0.4 is 0 Å². The molecule has 0 aliphatic rings. The summed E-state index contributed by atoms with van der Waals surface area (Å²) >= 11 is 0. The Bertz CT molecular complexity index is 280. The van der Waals surface area contributed by atoms with Gasteiger partial charge in [-0.3, -0.25) is 4.79 Å². The highest BCUT2D eigenvalue weighted by molar-refractivity contribution is 5.65. The molecule has 1 unspecified atom stereocenters. The Labute approximate surface area is 71.2 Å². The van der Waals surface area contributed by atoms with Crippen molar-refractivity contribution < 1.29 is 9.53 Å². The molecule has 0 saturated carbocycles. The van der Waals surface area contributed by atoms with Gasteiger partial charge in [-0.15, -0.1) is 0 Å². The van der Waals surface area contributed by atoms with Crippen molar-refractivity contribution in [3.05, 3.63) is 18.2 Å². The summed E-state index contributed by atoms with van der Waals surface area (Å²) in [5, 5.41) is 0. The second-order valence-electron chi connectivity index (χ2n) is 2.67. The van der Waals surface area contributed by atoms with Gasteiger partial charge in [0, 0.05) is 13.1 Å². The molecule has 0 radical (unpaired) electrons. The summed E-state index contributed by atoms with van der Waals surface area (Å²) in [4.78, 5) is 14.6. The molecule has 66 valence electrons. The lowest BCUT2D eigenvalue weighted by Crippen LogP contribution is -2.10. The quantitative estimate of drug-likeness (QED) is 0.625. The third-order valence-electron chi connectivity index (χ3n) is 1.49. The van der Waals surface area contributed by atoms with Gasteiger partial charge in [-0.2, -0.15) is 0 Å². The van der Waals surface area contributed by atoms with E-state index in [1.807, 2.05) is 13.1 Å². The van der Waals surface area contributed by atoms with E-state index in [4.69, 9.17) is 4.74 Å². The molecule has 0 aromatic carbocycles. The molecule has 4 heteroatoms. The van der Waals surface area contributed by atoms with Crippen molar-refractivity contribution in [2.45, 2.75) is 27.0 Å². The normalized spacial score (nSPS) is 12.6. The smallest absolute Gasteiger partial charge is 0.304 e. The largest absolute Gasteiger partial charge is 0.442 e. The number of rotatable bonds is 2. The zero-order chi connectivity index (χ0) is 9.14. The first-order valence-corrected chi connectivity index (χ1v) is 3.77. The maximum atomic E-state index is 10.6. The van der Waals surface area contributed by atoms with Crippen LogP contribution in [0.15, 0.2) is 12.5 Å². The van der Waals surface area contributed by atoms with Crippen molar-refractivity contribution in [3.63, 3.8) is 0 Å². The van der Waals surface area contributed by atoms with Gasteiger partial charge in [0.2, 0.25) is 0 Å². The summed E-state index contributed by atoms with van der Waals surface area (Å²) in [7, 11) is 0. The van der Waals surface area contributed by atoms with Crippen molar-refractivity contribution in [3.8, 4) is 0 Å². The van der Waals surface area contributed by atoms with Crippen LogP contribution in [0.3, 0.4) is 0 Å². The molecule has 12 heavy (non-hydrogen) atoms. The molecular weight excluding hydrogens is 156 g/mol. The lowest BCUT2D eigenvalue weighted by atomic mass is 10.5. The number of carbonyl (C=O) groups is 1. The van der Waals surface area contributed by atoms with Gasteiger partial charge in [-0.1, -0.05) is 0 Å². The fourth-order valence-corrected chi connectivity index (χ4v) is 0.940. The Morgan fingerprint density at radius 1 is 1.75 bits per heavy atom. The monoisotopic (exact) mass is 168 g/mol. The number of nitrogens with zero attached hydrogens (tertiary/aromatic N) is 2. The molecule has 0 saturated heterocycles. The molecule has 0 aliphatic carbocycles. The molecule has 0 spiro atoms. The van der Waals surface area contributed by atoms with E-state index in [1.54, 1.807) is 17.8 Å². The van der Waals surface area contributed by atoms with Gasteiger partial charge in [0.15, 0.2) is 6.23 Å². The van der Waals surface area contributed by atoms with Crippen LogP contribution in [0.5, 0.6) is 0 Å². The number of aryl methyl sites for hydroxylation is 1. The number of esters is 1. The molecule has 0 amide bonds. The number of hydrogen-bond acceptors (Lipinski definition) is 3. The van der Waals surface area contributed by atoms with E-state index in [-0.39, 0.29) is 12.2 Å². The van der Waals surface area contributed by atoms with Crippen molar-refractivity contribution >= 4 is 5.97 Å². The van der Waals surface area contributed by atoms with Crippen LogP contribution in [0.1, 0.15) is 25.8 Å². The van der Waals surface area contributed by atoms with Crippen molar-refractivity contribution in [1.29, 1.82) is 0 Å². The van der Waals surface area contributed by atoms with Crippen LogP contribution in [0.25, 0.3) is 0 Å². The van der Waals surface area contributed by atoms with E-state index in [1.165, 1.54) is 6.92 Å². The van der Waals surface area contributed by atoms with Crippen LogP contribution in [-0.2, 0) is 9.53 Å². The molecule has 1 heterocycles. The van der Waals surface area contributed by atoms with Crippen LogP contribution in [0, 0.1) is 6.92 Å². The summed E-state index contributed by atoms with van der Waals surface area (Å²) in [5.74, 6) is -0.283. The van der Waals surface area contributed by atoms with Crippen LogP contribution in [0.4, 0.5) is 0 Å². The second kappa shape index (κ2) is 3.38. The van der Waals surface area contributed by atoms with E-state index in [2.05, 4.69) is 4.98 Å². The fraction of sp³-hybridized carbons (Fsp3) is 0.500. The first-order chi connectivity index (χ1) is 5.59. The molecule has 0 fully saturated rings. The highest BCUT2D eigenvalue weighted by atomic mass is 16.6. The third-order valence-corrected chi connectivity index (χ3v) is 1.49. The summed E-state index contributed by atoms with van der Waals surface area (Å²) in [6, 6.07) is 0. The number of hydrogen-bond donors (Lipinski definition) is 0. The molecule has 0 aliphatic heterocycles. The Morgan fingerprint density at radius 2 is 2.42 bits per heavy atom. The summed E-state index contributed by atoms with van der Waals surface area (Å²) in [6.07, 6.45) is 3.19. The number of aromatic nitrogens is 2. The lowest BCUT2D eigenvalue weighted by Gasteiger charge is -2.11. The molecule has 1 rings (SSSR count). The van der Waals surface area contributed by atoms with Gasteiger partial charge in [-0.25, -0.2) is 4.98 Å². The minimum atomic E-state index is -0.283. The Balaban J connectivity index is 2.64. The molecule has 1 aromatic rings. The predicted molar refractivity (Wildman–Crippen MR) is 43.4 cm³/mol. The van der Waals surface area contributed by atoms with Gasteiger partial charge >= 0.3 is 5.97 Å². The van der Waals surface area contributed by atoms with E-state index in [0.717, 1.165) is 5.69 Å². The first kappa shape index (κ1) is 8.77. The van der Waals surface area contributed by atoms with Crippen molar-refractivity contribution in [2.24, 2.45) is 0 Å². The van der Waals surface area contributed by atoms with Crippen LogP contribution in [-0.4, -0.2) is 15.5 Å². The second-order valence-corrected chi connectivity index (χ2v) is 2.67. The summed E-state index contributed by atoms with van der Waals surface area (Å²) in [5.41, 5.74) is 0.911. The third kappa shape index (κ3) is 2.08. The maximum Gasteiger partial charge on any atom is 0.304 e. The summed E-state index contributed by atoms with van der Waals surface area (Å²) < 4.78 is 6.68. The summed E-state index contributed by atoms with van der Waals surface area (Å²) in [6.45, 7) is 5.07. The van der Waals surface area contributed by atoms with Crippen LogP contribution in [0.2, 0.25) is 0 Å². The number of carbonyl (C=O) groups excluding carboxylic acids is 1. The zero-order valence-corrected chi connectivity index (χ0v) is 7.44.